The molecular weight excluding hydrogens is 340 g/mol. The maximum Gasteiger partial charge on any atom is 0.219 e. The molecule has 138 valence electrons. The lowest BCUT2D eigenvalue weighted by Crippen LogP contribution is -2.39. The molecule has 3 heterocycles. The fourth-order valence-electron chi connectivity index (χ4n) is 3.61. The number of piperidine rings is 1. The van der Waals surface area contributed by atoms with Crippen LogP contribution >= 0.6 is 0 Å². The smallest absolute Gasteiger partial charge is 0.219 e. The summed E-state index contributed by atoms with van der Waals surface area (Å²) < 4.78 is 0. The Morgan fingerprint density at radius 2 is 2.15 bits per heavy atom. The Morgan fingerprint density at radius 1 is 1.30 bits per heavy atom. The van der Waals surface area contributed by atoms with Crippen molar-refractivity contribution in [1.82, 2.24) is 20.1 Å². The van der Waals surface area contributed by atoms with E-state index in [0.29, 0.717) is 18.8 Å². The monoisotopic (exact) mass is 362 g/mol. The molecule has 0 aliphatic carbocycles. The first-order valence-electron chi connectivity index (χ1n) is 8.89. The molecule has 7 nitrogen and oxygen atoms in total. The van der Waals surface area contributed by atoms with Crippen LogP contribution in [0.1, 0.15) is 18.9 Å². The number of likely N-dealkylation sites (tertiary alicyclic amines) is 1. The van der Waals surface area contributed by atoms with E-state index in [4.69, 9.17) is 5.73 Å². The minimum atomic E-state index is 0.0548. The molecule has 0 atom stereocenters. The number of aromatic amines is 2. The van der Waals surface area contributed by atoms with E-state index in [1.165, 1.54) is 0 Å². The van der Waals surface area contributed by atoms with E-state index in [0.717, 1.165) is 45.3 Å². The lowest BCUT2D eigenvalue weighted by Gasteiger charge is -2.30. The summed E-state index contributed by atoms with van der Waals surface area (Å²) in [6, 6.07) is 6.20. The zero-order chi connectivity index (χ0) is 19.0. The fraction of sp³-hybridized carbons (Fsp3) is 0.250. The first kappa shape index (κ1) is 17.1. The number of nitrogens with two attached hydrogens (primary N) is 1. The molecule has 4 rings (SSSR count). The van der Waals surface area contributed by atoms with Gasteiger partial charge in [0.1, 0.15) is 0 Å². The van der Waals surface area contributed by atoms with Crippen molar-refractivity contribution >= 4 is 28.2 Å². The van der Waals surface area contributed by atoms with Crippen molar-refractivity contribution in [3.63, 3.8) is 0 Å². The number of nitrogens with one attached hydrogen (secondary N) is 2. The molecule has 0 bridgehead atoms. The summed E-state index contributed by atoms with van der Waals surface area (Å²) >= 11 is 0. The van der Waals surface area contributed by atoms with Crippen LogP contribution in [0.2, 0.25) is 0 Å². The number of carbonyl (C=O) groups excluding carboxylic acids is 1. The number of H-pyrrole nitrogens is 2. The predicted octanol–water partition coefficient (Wildman–Crippen LogP) is 2.55. The molecule has 2 aromatic heterocycles. The van der Waals surface area contributed by atoms with Crippen molar-refractivity contribution in [2.75, 3.05) is 20.1 Å². The van der Waals surface area contributed by atoms with Crippen molar-refractivity contribution in [3.8, 4) is 11.1 Å². The minimum Gasteiger partial charge on any atom is -0.398 e. The molecule has 4 N–H and O–H groups in total. The van der Waals surface area contributed by atoms with E-state index in [1.807, 2.05) is 17.3 Å². The van der Waals surface area contributed by atoms with E-state index in [9.17, 15) is 4.79 Å². The van der Waals surface area contributed by atoms with E-state index < -0.39 is 0 Å². The number of amides is 1. The van der Waals surface area contributed by atoms with Gasteiger partial charge >= 0.3 is 0 Å². The standard InChI is InChI=1S/C20H22N6O/c1-12(27)26-6-5-18(22-2)17(11-26)20(21)16-10-23-19-7-13(3-4-15(16)19)14-8-24-25-9-14/h3-4,7-10,23H,5-6,11,21H2,1-2H3,(H,24,25). The quantitative estimate of drug-likeness (QED) is 0.653. The van der Waals surface area contributed by atoms with Gasteiger partial charge in [0.05, 0.1) is 6.20 Å². The maximum atomic E-state index is 11.8. The van der Waals surface area contributed by atoms with Crippen molar-refractivity contribution in [1.29, 1.82) is 0 Å². The van der Waals surface area contributed by atoms with Gasteiger partial charge in [0.25, 0.3) is 0 Å². The van der Waals surface area contributed by atoms with Gasteiger partial charge in [-0.25, -0.2) is 0 Å². The fourth-order valence-corrected chi connectivity index (χ4v) is 3.61. The van der Waals surface area contributed by atoms with E-state index >= 15 is 0 Å². The molecule has 27 heavy (non-hydrogen) atoms. The highest BCUT2D eigenvalue weighted by Gasteiger charge is 2.24. The van der Waals surface area contributed by atoms with Crippen LogP contribution in [-0.4, -0.2) is 51.8 Å². The highest BCUT2D eigenvalue weighted by Crippen LogP contribution is 2.30. The highest BCUT2D eigenvalue weighted by atomic mass is 16.2. The van der Waals surface area contributed by atoms with E-state index in [2.05, 4.69) is 38.4 Å². The number of carbonyl (C=O) groups is 1. The summed E-state index contributed by atoms with van der Waals surface area (Å²) in [6.07, 6.45) is 6.30. The Hall–Kier alpha value is -3.35. The Morgan fingerprint density at radius 3 is 2.85 bits per heavy atom. The zero-order valence-electron chi connectivity index (χ0n) is 15.4. The number of hydrogen-bond donors (Lipinski definition) is 3. The molecular formula is C20H22N6O. The van der Waals surface area contributed by atoms with Crippen molar-refractivity contribution in [3.05, 3.63) is 47.9 Å². The Kier molecular flexibility index (Phi) is 4.27. The zero-order valence-corrected chi connectivity index (χ0v) is 15.4. The third-order valence-corrected chi connectivity index (χ3v) is 5.16. The summed E-state index contributed by atoms with van der Waals surface area (Å²) in [5.41, 5.74) is 13.2. The van der Waals surface area contributed by atoms with Gasteiger partial charge in [-0.15, -0.1) is 0 Å². The van der Waals surface area contributed by atoms with Gasteiger partial charge < -0.3 is 15.6 Å². The van der Waals surface area contributed by atoms with Crippen LogP contribution in [0.5, 0.6) is 0 Å². The van der Waals surface area contributed by atoms with Crippen LogP contribution in [0, 0.1) is 0 Å². The second kappa shape index (κ2) is 6.75. The predicted molar refractivity (Wildman–Crippen MR) is 107 cm³/mol. The van der Waals surface area contributed by atoms with Crippen LogP contribution in [0.25, 0.3) is 27.7 Å². The average molecular weight is 362 g/mol. The van der Waals surface area contributed by atoms with Gasteiger partial charge in [-0.1, -0.05) is 12.1 Å². The number of hydrogen-bond acceptors (Lipinski definition) is 4. The number of rotatable bonds is 2. The second-order valence-electron chi connectivity index (χ2n) is 6.70. The molecule has 0 unspecified atom stereocenters. The Labute approximate surface area is 157 Å². The number of nitrogens with zero attached hydrogens (tertiary/aromatic N) is 3. The first-order chi connectivity index (χ1) is 13.1. The van der Waals surface area contributed by atoms with Gasteiger partial charge in [-0.3, -0.25) is 14.9 Å². The van der Waals surface area contributed by atoms with Gasteiger partial charge in [0.2, 0.25) is 5.91 Å². The van der Waals surface area contributed by atoms with Crippen molar-refractivity contribution in [2.45, 2.75) is 13.3 Å². The first-order valence-corrected chi connectivity index (χ1v) is 8.89. The molecule has 0 spiro atoms. The number of fused-ring (bicyclic) bond motifs is 1. The molecule has 1 aliphatic rings. The summed E-state index contributed by atoms with van der Waals surface area (Å²) in [4.78, 5) is 21.3. The van der Waals surface area contributed by atoms with Gasteiger partial charge in [0, 0.05) is 84.9 Å². The van der Waals surface area contributed by atoms with E-state index in [-0.39, 0.29) is 5.91 Å². The van der Waals surface area contributed by atoms with E-state index in [1.54, 1.807) is 20.2 Å². The third-order valence-electron chi connectivity index (χ3n) is 5.16. The third kappa shape index (κ3) is 3.01. The van der Waals surface area contributed by atoms with Crippen molar-refractivity contribution in [2.24, 2.45) is 10.7 Å². The average Bonchev–Trinajstić information content (AvgIpc) is 3.36. The number of aliphatic imine (C=N–C) groups is 1. The minimum absolute atomic E-state index is 0.0548. The van der Waals surface area contributed by atoms with Gasteiger partial charge in [-0.05, 0) is 11.6 Å². The molecule has 1 aliphatic heterocycles. The summed E-state index contributed by atoms with van der Waals surface area (Å²) in [6.45, 7) is 2.76. The molecule has 1 fully saturated rings. The SMILES string of the molecule is CN=C1CCN(C(C)=O)CC1=C(N)c1c[nH]c2cc(-c3cn[nH]c3)ccc12. The largest absolute Gasteiger partial charge is 0.398 e. The van der Waals surface area contributed by atoms with Crippen LogP contribution in [0.15, 0.2) is 47.4 Å². The summed E-state index contributed by atoms with van der Waals surface area (Å²) in [7, 11) is 1.78. The normalized spacial score (nSPS) is 18.3. The van der Waals surface area contributed by atoms with Crippen LogP contribution < -0.4 is 5.73 Å². The Balaban J connectivity index is 1.78. The summed E-state index contributed by atoms with van der Waals surface area (Å²) in [5.74, 6) is 0.0548. The molecule has 1 saturated heterocycles. The van der Waals surface area contributed by atoms with Crippen LogP contribution in [0.3, 0.4) is 0 Å². The second-order valence-corrected chi connectivity index (χ2v) is 6.70. The molecule has 3 aromatic rings. The molecule has 1 amide bonds. The summed E-state index contributed by atoms with van der Waals surface area (Å²) in [5, 5.41) is 7.88. The molecule has 7 heteroatoms. The lowest BCUT2D eigenvalue weighted by atomic mass is 9.96. The maximum absolute atomic E-state index is 11.8. The van der Waals surface area contributed by atoms with Gasteiger partial charge in [0.15, 0.2) is 0 Å². The highest BCUT2D eigenvalue weighted by molar-refractivity contribution is 6.09. The van der Waals surface area contributed by atoms with Crippen molar-refractivity contribution < 1.29 is 4.79 Å². The number of benzene rings is 1. The van der Waals surface area contributed by atoms with Crippen LogP contribution in [0.4, 0.5) is 0 Å². The molecule has 0 saturated carbocycles. The number of aromatic nitrogens is 3. The molecule has 1 aromatic carbocycles. The lowest BCUT2D eigenvalue weighted by molar-refractivity contribution is -0.128. The van der Waals surface area contributed by atoms with Crippen LogP contribution in [-0.2, 0) is 4.79 Å². The topological polar surface area (TPSA) is 103 Å². The Bertz CT molecular complexity index is 1060. The molecule has 0 radical (unpaired) electrons. The van der Waals surface area contributed by atoms with Gasteiger partial charge in [-0.2, -0.15) is 5.10 Å².